The van der Waals surface area contributed by atoms with Crippen LogP contribution in [0.25, 0.3) is 66.6 Å². The second-order valence-corrected chi connectivity index (χ2v) is 21.1. The third-order valence-corrected chi connectivity index (χ3v) is 15.9. The first-order chi connectivity index (χ1) is 36.0. The van der Waals surface area contributed by atoms with Crippen molar-refractivity contribution in [2.24, 2.45) is 10.3 Å². The van der Waals surface area contributed by atoms with Gasteiger partial charge in [-0.15, -0.1) is 0 Å². The molecule has 0 aliphatic carbocycles. The molecule has 362 valence electrons. The van der Waals surface area contributed by atoms with Crippen molar-refractivity contribution in [2.75, 3.05) is 0 Å². The summed E-state index contributed by atoms with van der Waals surface area (Å²) >= 11 is 28.4. The Balaban J connectivity index is 1.24. The van der Waals surface area contributed by atoms with Crippen LogP contribution in [0.3, 0.4) is 0 Å². The molecule has 9 aromatic rings. The highest BCUT2D eigenvalue weighted by molar-refractivity contribution is 6.41. The van der Waals surface area contributed by atoms with Gasteiger partial charge in [0.05, 0.1) is 54.7 Å². The lowest BCUT2D eigenvalue weighted by Gasteiger charge is -2.17. The highest BCUT2D eigenvalue weighted by atomic mass is 35.5. The molecular weight excluding hydrogens is 1000 g/mol. The highest BCUT2D eigenvalue weighted by Gasteiger charge is 2.49. The summed E-state index contributed by atoms with van der Waals surface area (Å²) in [6, 6.07) is 53.5. The Hall–Kier alpha value is -7.46. The van der Waals surface area contributed by atoms with Gasteiger partial charge in [0.25, 0.3) is 0 Å². The van der Waals surface area contributed by atoms with Crippen LogP contribution in [-0.4, -0.2) is 31.4 Å². The summed E-state index contributed by atoms with van der Waals surface area (Å²) in [7, 11) is 0. The molecule has 0 fully saturated rings. The highest BCUT2D eigenvalue weighted by Crippen LogP contribution is 2.55. The van der Waals surface area contributed by atoms with E-state index in [0.717, 1.165) is 100 Å². The smallest absolute Gasteiger partial charge is 0.184 e. The topological polar surface area (TPSA) is 101 Å². The second kappa shape index (κ2) is 18.2. The molecule has 4 aliphatic rings. The number of hydrogen-bond acceptors (Lipinski definition) is 6. The fourth-order valence-corrected chi connectivity index (χ4v) is 12.1. The first kappa shape index (κ1) is 46.3. The van der Waals surface area contributed by atoms with Gasteiger partial charge in [-0.25, -0.2) is 0 Å². The third kappa shape index (κ3) is 7.65. The van der Waals surface area contributed by atoms with Crippen molar-refractivity contribution in [3.8, 4) is 44.5 Å². The molecule has 13 rings (SSSR count). The predicted octanol–water partition coefficient (Wildman–Crippen LogP) is 17.3. The number of aromatic nitrogens is 4. The molecule has 8 bridgehead atoms. The van der Waals surface area contributed by atoms with Crippen LogP contribution in [0.1, 0.15) is 80.2 Å². The first-order valence-electron chi connectivity index (χ1n) is 24.4. The Morgan fingerprint density at radius 2 is 0.608 bits per heavy atom. The lowest BCUT2D eigenvalue weighted by Crippen LogP contribution is -2.14. The Morgan fingerprint density at radius 3 is 0.892 bits per heavy atom. The number of H-pyrrole nitrogens is 2. The zero-order chi connectivity index (χ0) is 50.5. The van der Waals surface area contributed by atoms with Crippen molar-refractivity contribution in [2.45, 2.75) is 51.7 Å². The summed E-state index contributed by atoms with van der Waals surface area (Å²) in [5.74, 6) is -1.09. The molecule has 0 saturated carbocycles. The summed E-state index contributed by atoms with van der Waals surface area (Å²) in [6.45, 7) is 8.34. The maximum atomic E-state index is 7.10. The van der Waals surface area contributed by atoms with E-state index in [9.17, 15) is 0 Å². The van der Waals surface area contributed by atoms with Crippen LogP contribution >= 0.6 is 46.4 Å². The molecule has 12 heteroatoms. The van der Waals surface area contributed by atoms with Crippen molar-refractivity contribution >= 4 is 79.9 Å². The van der Waals surface area contributed by atoms with E-state index in [1.807, 2.05) is 36.4 Å². The van der Waals surface area contributed by atoms with Gasteiger partial charge in [0.2, 0.25) is 0 Å². The molecule has 8 nitrogen and oxygen atoms in total. The van der Waals surface area contributed by atoms with Crippen LogP contribution in [0.2, 0.25) is 20.1 Å². The molecule has 2 N–H and O–H groups in total. The number of fused-ring (bicyclic) bond motifs is 14. The molecule has 7 heterocycles. The van der Waals surface area contributed by atoms with E-state index < -0.39 is 24.0 Å². The van der Waals surface area contributed by atoms with Gasteiger partial charge in [-0.3, -0.25) is 9.97 Å². The van der Waals surface area contributed by atoms with Crippen molar-refractivity contribution in [1.82, 2.24) is 19.9 Å². The number of aromatic amines is 2. The fourth-order valence-electron chi connectivity index (χ4n) is 11.0. The number of rotatable bonds is 6. The van der Waals surface area contributed by atoms with E-state index in [-0.39, 0.29) is 0 Å². The predicted molar refractivity (Wildman–Crippen MR) is 301 cm³/mol. The van der Waals surface area contributed by atoms with E-state index in [1.165, 1.54) is 0 Å². The standard InChI is InChI=1S/C62H44Cl4N6O2/c1-31-11-19-35(20-12-31)47-43-27-28-44(67-43)48(36-21-13-32(2)14-22-36)56-54-58(52-41(65)9-6-10-42(52)66)72-74-62(54)60(70-56)50(38-25-17-34(4)18-26-38)46-30-29-45(68-46)49(37-23-15-33(3)16-24-37)59-61-53(55(47)69-59)57(71-73-61)51-39(63)7-5-8-40(51)64/h5-30,53-54,61-62,67-68H,1-4H3. The van der Waals surface area contributed by atoms with Gasteiger partial charge in [-0.05, 0) is 98.5 Å². The third-order valence-electron chi connectivity index (χ3n) is 14.6. The van der Waals surface area contributed by atoms with E-state index in [2.05, 4.69) is 159 Å². The monoisotopic (exact) mass is 1040 g/mol. The number of nitrogens with zero attached hydrogens (tertiary/aromatic N) is 4. The maximum absolute atomic E-state index is 7.10. The van der Waals surface area contributed by atoms with Gasteiger partial charge in [-0.2, -0.15) is 0 Å². The summed E-state index contributed by atoms with van der Waals surface area (Å²) < 4.78 is 0. The lowest BCUT2D eigenvalue weighted by atomic mass is 9.85. The number of benzene rings is 6. The van der Waals surface area contributed by atoms with Crippen LogP contribution in [-0.2, 0) is 9.68 Å². The molecule has 3 aromatic heterocycles. The van der Waals surface area contributed by atoms with Crippen molar-refractivity contribution in [3.05, 3.63) is 234 Å². The van der Waals surface area contributed by atoms with Crippen LogP contribution in [0.15, 0.2) is 168 Å². The Morgan fingerprint density at radius 1 is 0.338 bits per heavy atom. The molecule has 0 spiro atoms. The summed E-state index contributed by atoms with van der Waals surface area (Å²) in [6.07, 6.45) is -1.35. The fraction of sp³-hybridized carbons (Fsp3) is 0.129. The van der Waals surface area contributed by atoms with Crippen LogP contribution in [0, 0.1) is 27.7 Å². The molecular formula is C62H44Cl4N6O2. The molecule has 4 unspecified atom stereocenters. The number of halogens is 4. The molecule has 0 saturated heterocycles. The molecule has 0 radical (unpaired) electrons. The van der Waals surface area contributed by atoms with Crippen molar-refractivity contribution in [3.63, 3.8) is 0 Å². The van der Waals surface area contributed by atoms with Gasteiger partial charge in [0.1, 0.15) is 11.4 Å². The number of nitrogens with one attached hydrogen (secondary N) is 2. The second-order valence-electron chi connectivity index (χ2n) is 19.5. The Bertz CT molecular complexity index is 3720. The largest absolute Gasteiger partial charge is 0.385 e. The average Bonchev–Trinajstić information content (AvgIpc) is 4.28. The van der Waals surface area contributed by atoms with Gasteiger partial charge in [0.15, 0.2) is 12.2 Å². The quantitative estimate of drug-likeness (QED) is 0.173. The molecule has 0 amide bonds. The first-order valence-corrected chi connectivity index (χ1v) is 25.9. The molecule has 4 aliphatic heterocycles. The molecule has 6 aromatic carbocycles. The van der Waals surface area contributed by atoms with Crippen LogP contribution in [0.4, 0.5) is 0 Å². The van der Waals surface area contributed by atoms with Crippen molar-refractivity contribution in [1.29, 1.82) is 0 Å². The van der Waals surface area contributed by atoms with Gasteiger partial charge in [0, 0.05) is 55.4 Å². The minimum Gasteiger partial charge on any atom is -0.385 e. The number of aryl methyl sites for hydroxylation is 4. The van der Waals surface area contributed by atoms with E-state index in [4.69, 9.17) is 76.4 Å². The minimum absolute atomic E-state index is 0.461. The van der Waals surface area contributed by atoms with Gasteiger partial charge < -0.3 is 19.6 Å². The Kier molecular flexibility index (Phi) is 11.4. The summed E-state index contributed by atoms with van der Waals surface area (Å²) in [4.78, 5) is 32.9. The molecule has 4 atom stereocenters. The van der Waals surface area contributed by atoms with Crippen molar-refractivity contribution < 1.29 is 9.68 Å². The van der Waals surface area contributed by atoms with Gasteiger partial charge >= 0.3 is 0 Å². The lowest BCUT2D eigenvalue weighted by molar-refractivity contribution is 0.0800. The molecule has 74 heavy (non-hydrogen) atoms. The minimum atomic E-state index is -0.674. The van der Waals surface area contributed by atoms with Crippen LogP contribution in [0.5, 0.6) is 0 Å². The number of hydrogen-bond donors (Lipinski definition) is 2. The zero-order valence-corrected chi connectivity index (χ0v) is 43.5. The maximum Gasteiger partial charge on any atom is 0.184 e. The van der Waals surface area contributed by atoms with E-state index in [0.29, 0.717) is 54.0 Å². The SMILES string of the molecule is Cc1ccc(-c2c3nc(c(-c4ccc(C)cc4)c4ccc([nH]4)c(-c4ccc(C)cc4)c4nc(c(-c5ccc(C)cc5)c5ccc2[nH]5)C2ON=C(c5c(Cl)cccc5Cl)C42)C2C(c4c(Cl)cccc4Cl)=NOC32)cc1. The average molecular weight is 1050 g/mol. The summed E-state index contributed by atoms with van der Waals surface area (Å²) in [5.41, 5.74) is 20.1. The van der Waals surface area contributed by atoms with E-state index in [1.54, 1.807) is 0 Å². The normalized spacial score (nSPS) is 17.6. The Labute approximate surface area is 447 Å². The van der Waals surface area contributed by atoms with Crippen LogP contribution < -0.4 is 0 Å². The zero-order valence-electron chi connectivity index (χ0n) is 40.4. The van der Waals surface area contributed by atoms with E-state index >= 15 is 0 Å². The summed E-state index contributed by atoms with van der Waals surface area (Å²) in [5, 5.41) is 11.6. The van der Waals surface area contributed by atoms with Gasteiger partial charge in [-0.1, -0.05) is 188 Å². The number of oxime groups is 2.